The Morgan fingerprint density at radius 2 is 2.03 bits per heavy atom. The molecule has 6 nitrogen and oxygen atoms in total. The highest BCUT2D eigenvalue weighted by Crippen LogP contribution is 2.43. The molecule has 1 aliphatic carbocycles. The van der Waals surface area contributed by atoms with Gasteiger partial charge in [-0.15, -0.1) is 0 Å². The van der Waals surface area contributed by atoms with Crippen LogP contribution in [0.4, 0.5) is 0 Å². The standard InChI is InChI=1S/C25H27N3O3/c29-16-22-25(20-9-7-19(8-10-20)18-5-1-2-6-18)21-14-27(15-24(31)28(21)22)23(30)12-17-4-3-11-26-13-17/h3-5,7-11,13,21-22,25,29H,1-2,6,12,14-16H2/t21-,22+,25-/m0/s1. The van der Waals surface area contributed by atoms with Crippen LogP contribution in [0.2, 0.25) is 0 Å². The molecule has 0 saturated carbocycles. The van der Waals surface area contributed by atoms with Crippen molar-refractivity contribution >= 4 is 17.4 Å². The van der Waals surface area contributed by atoms with Crippen LogP contribution in [0.15, 0.2) is 54.9 Å². The van der Waals surface area contributed by atoms with Gasteiger partial charge in [0.1, 0.15) is 0 Å². The number of nitrogens with zero attached hydrogens (tertiary/aromatic N) is 3. The van der Waals surface area contributed by atoms with Crippen molar-refractivity contribution in [3.8, 4) is 0 Å². The Balaban J connectivity index is 1.33. The van der Waals surface area contributed by atoms with Gasteiger partial charge in [-0.25, -0.2) is 0 Å². The molecule has 2 aromatic rings. The lowest BCUT2D eigenvalue weighted by Crippen LogP contribution is -2.73. The van der Waals surface area contributed by atoms with Crippen LogP contribution in [0.1, 0.15) is 41.9 Å². The first-order valence-electron chi connectivity index (χ1n) is 11.0. The van der Waals surface area contributed by atoms with E-state index in [4.69, 9.17) is 0 Å². The second-order valence-electron chi connectivity index (χ2n) is 8.70. The van der Waals surface area contributed by atoms with Gasteiger partial charge in [0.25, 0.3) is 0 Å². The maximum absolute atomic E-state index is 12.8. The monoisotopic (exact) mass is 417 g/mol. The van der Waals surface area contributed by atoms with E-state index in [0.29, 0.717) is 6.54 Å². The van der Waals surface area contributed by atoms with Crippen molar-refractivity contribution in [1.29, 1.82) is 0 Å². The van der Waals surface area contributed by atoms with Gasteiger partial charge < -0.3 is 14.9 Å². The van der Waals surface area contributed by atoms with Gasteiger partial charge >= 0.3 is 0 Å². The molecule has 2 saturated heterocycles. The Labute approximate surface area is 182 Å². The van der Waals surface area contributed by atoms with Crippen LogP contribution in [0.3, 0.4) is 0 Å². The van der Waals surface area contributed by atoms with Crippen molar-refractivity contribution < 1.29 is 14.7 Å². The summed E-state index contributed by atoms with van der Waals surface area (Å²) in [7, 11) is 0. The maximum atomic E-state index is 12.8. The number of piperazine rings is 1. The molecule has 0 bridgehead atoms. The fourth-order valence-corrected chi connectivity index (χ4v) is 5.33. The van der Waals surface area contributed by atoms with Crippen molar-refractivity contribution in [1.82, 2.24) is 14.8 Å². The van der Waals surface area contributed by atoms with E-state index in [1.54, 1.807) is 22.2 Å². The number of pyridine rings is 1. The number of rotatable bonds is 5. The summed E-state index contributed by atoms with van der Waals surface area (Å²) in [6.45, 7) is 0.508. The van der Waals surface area contributed by atoms with Crippen LogP contribution in [0.5, 0.6) is 0 Å². The van der Waals surface area contributed by atoms with E-state index >= 15 is 0 Å². The third-order valence-corrected chi connectivity index (χ3v) is 6.89. The molecule has 3 aliphatic rings. The lowest BCUT2D eigenvalue weighted by Gasteiger charge is -2.58. The molecule has 31 heavy (non-hydrogen) atoms. The first-order chi connectivity index (χ1) is 15.2. The summed E-state index contributed by atoms with van der Waals surface area (Å²) in [5, 5.41) is 9.98. The average Bonchev–Trinajstić information content (AvgIpc) is 3.31. The van der Waals surface area contributed by atoms with E-state index < -0.39 is 0 Å². The Kier molecular flexibility index (Phi) is 5.32. The molecular weight excluding hydrogens is 390 g/mol. The van der Waals surface area contributed by atoms with Crippen molar-refractivity contribution in [2.24, 2.45) is 0 Å². The minimum Gasteiger partial charge on any atom is -0.394 e. The molecule has 6 heteroatoms. The van der Waals surface area contributed by atoms with Gasteiger partial charge in [-0.05, 0) is 47.6 Å². The SMILES string of the molecule is O=C(Cc1cccnc1)N1CC(=O)N2[C@H](CO)[C@@H](c3ccc(C4=CCCC4)cc3)[C@@H]2C1. The van der Waals surface area contributed by atoms with Crippen LogP contribution < -0.4 is 0 Å². The Hall–Kier alpha value is -2.99. The molecule has 1 N–H and O–H groups in total. The van der Waals surface area contributed by atoms with Gasteiger partial charge in [0.15, 0.2) is 0 Å². The van der Waals surface area contributed by atoms with Gasteiger partial charge in [0.2, 0.25) is 11.8 Å². The zero-order chi connectivity index (χ0) is 21.4. The number of hydrogen-bond acceptors (Lipinski definition) is 4. The Bertz CT molecular complexity index is 1000. The highest BCUT2D eigenvalue weighted by Gasteiger charge is 2.54. The molecule has 0 unspecified atom stereocenters. The largest absolute Gasteiger partial charge is 0.394 e. The summed E-state index contributed by atoms with van der Waals surface area (Å²) in [6, 6.07) is 11.9. The van der Waals surface area contributed by atoms with Gasteiger partial charge in [-0.1, -0.05) is 36.4 Å². The van der Waals surface area contributed by atoms with Crippen LogP contribution in [0.25, 0.3) is 5.57 Å². The summed E-state index contributed by atoms with van der Waals surface area (Å²) in [4.78, 5) is 33.2. The van der Waals surface area contributed by atoms with Crippen molar-refractivity contribution in [2.45, 2.75) is 43.7 Å². The lowest BCUT2D eigenvalue weighted by atomic mass is 9.73. The molecule has 1 aromatic heterocycles. The number of aliphatic hydroxyl groups is 1. The quantitative estimate of drug-likeness (QED) is 0.811. The van der Waals surface area contributed by atoms with E-state index in [9.17, 15) is 14.7 Å². The number of carbonyl (C=O) groups excluding carboxylic acids is 2. The molecule has 3 heterocycles. The first-order valence-corrected chi connectivity index (χ1v) is 11.0. The first kappa shape index (κ1) is 19.9. The number of carbonyl (C=O) groups is 2. The van der Waals surface area contributed by atoms with Crippen LogP contribution in [-0.2, 0) is 16.0 Å². The van der Waals surface area contributed by atoms with E-state index in [1.807, 2.05) is 12.1 Å². The van der Waals surface area contributed by atoms with Gasteiger partial charge in [-0.2, -0.15) is 0 Å². The second-order valence-corrected chi connectivity index (χ2v) is 8.70. The lowest BCUT2D eigenvalue weighted by molar-refractivity contribution is -0.166. The van der Waals surface area contributed by atoms with Crippen molar-refractivity contribution in [3.05, 3.63) is 71.6 Å². The van der Waals surface area contributed by atoms with Crippen LogP contribution in [-0.4, -0.2) is 63.5 Å². The van der Waals surface area contributed by atoms with Crippen LogP contribution >= 0.6 is 0 Å². The number of allylic oxidation sites excluding steroid dienone is 2. The van der Waals surface area contributed by atoms with Crippen LogP contribution in [0, 0.1) is 0 Å². The molecule has 2 fully saturated rings. The predicted octanol–water partition coefficient (Wildman–Crippen LogP) is 2.39. The molecule has 2 amide bonds. The van der Waals surface area contributed by atoms with E-state index in [1.165, 1.54) is 17.6 Å². The number of hydrogen-bond donors (Lipinski definition) is 1. The fourth-order valence-electron chi connectivity index (χ4n) is 5.33. The molecule has 0 spiro atoms. The summed E-state index contributed by atoms with van der Waals surface area (Å²) < 4.78 is 0. The summed E-state index contributed by atoms with van der Waals surface area (Å²) in [5.74, 6) is -0.107. The highest BCUT2D eigenvalue weighted by molar-refractivity contribution is 5.88. The maximum Gasteiger partial charge on any atom is 0.242 e. The molecule has 5 rings (SSSR count). The molecule has 2 aliphatic heterocycles. The molecule has 0 radical (unpaired) electrons. The smallest absolute Gasteiger partial charge is 0.242 e. The number of aromatic nitrogens is 1. The number of amides is 2. The normalized spacial score (nSPS) is 25.1. The van der Waals surface area contributed by atoms with Crippen molar-refractivity contribution in [3.63, 3.8) is 0 Å². The number of aliphatic hydroxyl groups excluding tert-OH is 1. The minimum absolute atomic E-state index is 0.0366. The average molecular weight is 418 g/mol. The Morgan fingerprint density at radius 3 is 2.71 bits per heavy atom. The second kappa shape index (κ2) is 8.27. The fraction of sp³-hybridized carbons (Fsp3) is 0.400. The van der Waals surface area contributed by atoms with Gasteiger partial charge in [-0.3, -0.25) is 14.6 Å². The predicted molar refractivity (Wildman–Crippen MR) is 117 cm³/mol. The third kappa shape index (κ3) is 3.65. The molecule has 160 valence electrons. The Morgan fingerprint density at radius 1 is 1.19 bits per heavy atom. The minimum atomic E-state index is -0.218. The zero-order valence-corrected chi connectivity index (χ0v) is 17.5. The number of fused-ring (bicyclic) bond motifs is 1. The number of benzene rings is 1. The third-order valence-electron chi connectivity index (χ3n) is 6.89. The molecule has 3 atom stereocenters. The van der Waals surface area contributed by atoms with Crippen molar-refractivity contribution in [2.75, 3.05) is 19.7 Å². The van der Waals surface area contributed by atoms with Gasteiger partial charge in [0, 0.05) is 24.9 Å². The summed E-state index contributed by atoms with van der Waals surface area (Å²) >= 11 is 0. The molecular formula is C25H27N3O3. The molecule has 1 aromatic carbocycles. The van der Waals surface area contributed by atoms with E-state index in [2.05, 4.69) is 35.3 Å². The summed E-state index contributed by atoms with van der Waals surface area (Å²) in [5.41, 5.74) is 4.63. The summed E-state index contributed by atoms with van der Waals surface area (Å²) in [6.07, 6.45) is 9.40. The van der Waals surface area contributed by atoms with E-state index in [0.717, 1.165) is 24.0 Å². The zero-order valence-electron chi connectivity index (χ0n) is 17.5. The van der Waals surface area contributed by atoms with E-state index in [-0.39, 0.29) is 49.4 Å². The van der Waals surface area contributed by atoms with Gasteiger partial charge in [0.05, 0.1) is 31.7 Å². The highest BCUT2D eigenvalue weighted by atomic mass is 16.3. The topological polar surface area (TPSA) is 73.7 Å².